The fraction of sp³-hybridized carbons (Fsp3) is 0.214. The number of aromatic carboxylic acids is 1. The van der Waals surface area contributed by atoms with Gasteiger partial charge in [0.1, 0.15) is 10.6 Å². The smallest absolute Gasteiger partial charge is 0.345 e. The molecule has 4 nitrogen and oxygen atoms in total. The van der Waals surface area contributed by atoms with Crippen molar-refractivity contribution in [3.8, 4) is 5.75 Å². The SMILES string of the molecule is COc1ccc(N)c(SCc2cc(C(=O)O)sc2C)c1. The largest absolute Gasteiger partial charge is 0.497 e. The van der Waals surface area contributed by atoms with Crippen LogP contribution in [0.1, 0.15) is 20.1 Å². The van der Waals surface area contributed by atoms with Gasteiger partial charge >= 0.3 is 5.97 Å². The Hall–Kier alpha value is -1.66. The standard InChI is InChI=1S/C14H15NO3S2/c1-8-9(5-13(20-8)14(16)17)7-19-12-6-10(18-2)3-4-11(12)15/h3-6H,7,15H2,1-2H3,(H,16,17). The van der Waals surface area contributed by atoms with Gasteiger partial charge in [-0.05, 0) is 36.8 Å². The maximum absolute atomic E-state index is 10.9. The van der Waals surface area contributed by atoms with Gasteiger partial charge in [-0.3, -0.25) is 0 Å². The number of anilines is 1. The number of benzene rings is 1. The number of thiophene rings is 1. The van der Waals surface area contributed by atoms with Crippen molar-refractivity contribution in [1.82, 2.24) is 0 Å². The van der Waals surface area contributed by atoms with Crippen LogP contribution in [0.2, 0.25) is 0 Å². The van der Waals surface area contributed by atoms with Gasteiger partial charge in [-0.15, -0.1) is 23.1 Å². The van der Waals surface area contributed by atoms with Crippen LogP contribution in [0.25, 0.3) is 0 Å². The molecule has 20 heavy (non-hydrogen) atoms. The Morgan fingerprint density at radius 1 is 1.45 bits per heavy atom. The Morgan fingerprint density at radius 3 is 2.80 bits per heavy atom. The van der Waals surface area contributed by atoms with E-state index in [1.807, 2.05) is 25.1 Å². The zero-order valence-electron chi connectivity index (χ0n) is 11.2. The third-order valence-corrected chi connectivity index (χ3v) is 5.04. The molecule has 6 heteroatoms. The molecule has 0 unspecified atom stereocenters. The number of hydrogen-bond acceptors (Lipinski definition) is 5. The Bertz CT molecular complexity index is 637. The highest BCUT2D eigenvalue weighted by Gasteiger charge is 2.12. The van der Waals surface area contributed by atoms with Crippen molar-refractivity contribution >= 4 is 34.8 Å². The van der Waals surface area contributed by atoms with Crippen LogP contribution in [0.15, 0.2) is 29.2 Å². The van der Waals surface area contributed by atoms with Gasteiger partial charge < -0.3 is 15.6 Å². The van der Waals surface area contributed by atoms with E-state index in [1.165, 1.54) is 11.3 Å². The number of carboxylic acids is 1. The number of carboxylic acid groups (broad SMARTS) is 1. The lowest BCUT2D eigenvalue weighted by atomic mass is 10.3. The summed E-state index contributed by atoms with van der Waals surface area (Å²) in [6.07, 6.45) is 0. The summed E-state index contributed by atoms with van der Waals surface area (Å²) in [7, 11) is 1.61. The minimum absolute atomic E-state index is 0.372. The molecule has 0 aliphatic carbocycles. The minimum Gasteiger partial charge on any atom is -0.497 e. The molecule has 106 valence electrons. The zero-order valence-corrected chi connectivity index (χ0v) is 12.8. The highest BCUT2D eigenvalue weighted by molar-refractivity contribution is 7.98. The van der Waals surface area contributed by atoms with Gasteiger partial charge in [0.05, 0.1) is 7.11 Å². The summed E-state index contributed by atoms with van der Waals surface area (Å²) in [5.41, 5.74) is 7.66. The normalized spacial score (nSPS) is 10.5. The lowest BCUT2D eigenvalue weighted by molar-refractivity contribution is 0.0702. The molecule has 2 aromatic rings. The molecule has 1 aromatic carbocycles. The van der Waals surface area contributed by atoms with Crippen molar-refractivity contribution in [1.29, 1.82) is 0 Å². The van der Waals surface area contributed by atoms with E-state index in [0.29, 0.717) is 16.3 Å². The zero-order chi connectivity index (χ0) is 14.7. The van der Waals surface area contributed by atoms with E-state index in [0.717, 1.165) is 21.1 Å². The van der Waals surface area contributed by atoms with Crippen LogP contribution in [-0.4, -0.2) is 18.2 Å². The molecular formula is C14H15NO3S2. The van der Waals surface area contributed by atoms with Crippen molar-refractivity contribution in [3.05, 3.63) is 39.6 Å². The molecule has 2 rings (SSSR count). The number of ether oxygens (including phenoxy) is 1. The third kappa shape index (κ3) is 3.26. The van der Waals surface area contributed by atoms with E-state index in [4.69, 9.17) is 15.6 Å². The predicted octanol–water partition coefficient (Wildman–Crippen LogP) is 3.64. The molecule has 0 spiro atoms. The van der Waals surface area contributed by atoms with Gasteiger partial charge in [0.25, 0.3) is 0 Å². The molecule has 0 atom stereocenters. The highest BCUT2D eigenvalue weighted by atomic mass is 32.2. The minimum atomic E-state index is -0.879. The fourth-order valence-electron chi connectivity index (χ4n) is 1.69. The summed E-state index contributed by atoms with van der Waals surface area (Å²) in [5, 5.41) is 8.99. The molecule has 0 aliphatic heterocycles. The number of carbonyl (C=O) groups is 1. The number of methoxy groups -OCH3 is 1. The number of rotatable bonds is 5. The Labute approximate surface area is 125 Å². The van der Waals surface area contributed by atoms with Crippen LogP contribution in [0.3, 0.4) is 0 Å². The lowest BCUT2D eigenvalue weighted by Gasteiger charge is -2.07. The molecule has 1 heterocycles. The maximum atomic E-state index is 10.9. The second-order valence-corrected chi connectivity index (χ2v) is 6.46. The fourth-order valence-corrected chi connectivity index (χ4v) is 3.71. The van der Waals surface area contributed by atoms with Crippen LogP contribution in [0, 0.1) is 6.92 Å². The molecule has 0 saturated heterocycles. The van der Waals surface area contributed by atoms with Crippen molar-refractivity contribution < 1.29 is 14.6 Å². The summed E-state index contributed by atoms with van der Waals surface area (Å²) < 4.78 is 5.18. The predicted molar refractivity (Wildman–Crippen MR) is 83.0 cm³/mol. The Morgan fingerprint density at radius 2 is 2.20 bits per heavy atom. The van der Waals surface area contributed by atoms with Gasteiger partial charge in [0.2, 0.25) is 0 Å². The first-order chi connectivity index (χ1) is 9.51. The molecule has 0 bridgehead atoms. The Kier molecular flexibility index (Phi) is 4.57. The summed E-state index contributed by atoms with van der Waals surface area (Å²) in [6, 6.07) is 7.24. The van der Waals surface area contributed by atoms with Crippen LogP contribution < -0.4 is 10.5 Å². The van der Waals surface area contributed by atoms with Crippen LogP contribution in [0.5, 0.6) is 5.75 Å². The van der Waals surface area contributed by atoms with Gasteiger partial charge in [-0.25, -0.2) is 4.79 Å². The maximum Gasteiger partial charge on any atom is 0.345 e. The lowest BCUT2D eigenvalue weighted by Crippen LogP contribution is -1.92. The van der Waals surface area contributed by atoms with Gasteiger partial charge in [-0.2, -0.15) is 0 Å². The highest BCUT2D eigenvalue weighted by Crippen LogP contribution is 2.33. The topological polar surface area (TPSA) is 72.5 Å². The number of hydrogen-bond donors (Lipinski definition) is 2. The molecular weight excluding hydrogens is 294 g/mol. The van der Waals surface area contributed by atoms with E-state index in [9.17, 15) is 4.79 Å². The summed E-state index contributed by atoms with van der Waals surface area (Å²) in [5.74, 6) is 0.567. The van der Waals surface area contributed by atoms with Crippen LogP contribution >= 0.6 is 23.1 Å². The molecule has 1 aromatic heterocycles. The number of nitrogen functional groups attached to an aromatic ring is 1. The van der Waals surface area contributed by atoms with E-state index < -0.39 is 5.97 Å². The third-order valence-electron chi connectivity index (χ3n) is 2.84. The van der Waals surface area contributed by atoms with Crippen LogP contribution in [-0.2, 0) is 5.75 Å². The summed E-state index contributed by atoms with van der Waals surface area (Å²) >= 11 is 2.88. The average molecular weight is 309 g/mol. The molecule has 0 fully saturated rings. The molecule has 0 amide bonds. The second kappa shape index (κ2) is 6.19. The van der Waals surface area contributed by atoms with Gasteiger partial charge in [0, 0.05) is 21.2 Å². The number of thioether (sulfide) groups is 1. The molecule has 0 aliphatic rings. The monoisotopic (exact) mass is 309 g/mol. The van der Waals surface area contributed by atoms with Crippen molar-refractivity contribution in [2.45, 2.75) is 17.6 Å². The number of nitrogens with two attached hydrogens (primary N) is 1. The van der Waals surface area contributed by atoms with Crippen molar-refractivity contribution in [3.63, 3.8) is 0 Å². The van der Waals surface area contributed by atoms with Crippen molar-refractivity contribution in [2.75, 3.05) is 12.8 Å². The molecule has 0 saturated carbocycles. The summed E-state index contributed by atoms with van der Waals surface area (Å²) in [4.78, 5) is 13.3. The van der Waals surface area contributed by atoms with Gasteiger partial charge in [-0.1, -0.05) is 0 Å². The number of aryl methyl sites for hydroxylation is 1. The first-order valence-corrected chi connectivity index (χ1v) is 7.70. The Balaban J connectivity index is 2.14. The molecule has 0 radical (unpaired) electrons. The van der Waals surface area contributed by atoms with E-state index >= 15 is 0 Å². The molecule has 3 N–H and O–H groups in total. The average Bonchev–Trinajstić information content (AvgIpc) is 2.79. The van der Waals surface area contributed by atoms with E-state index in [1.54, 1.807) is 24.9 Å². The first-order valence-electron chi connectivity index (χ1n) is 5.90. The summed E-state index contributed by atoms with van der Waals surface area (Å²) in [6.45, 7) is 1.93. The van der Waals surface area contributed by atoms with E-state index in [-0.39, 0.29) is 0 Å². The van der Waals surface area contributed by atoms with Gasteiger partial charge in [0.15, 0.2) is 0 Å². The van der Waals surface area contributed by atoms with E-state index in [2.05, 4.69) is 0 Å². The quantitative estimate of drug-likeness (QED) is 0.651. The van der Waals surface area contributed by atoms with Crippen molar-refractivity contribution in [2.24, 2.45) is 0 Å². The second-order valence-electron chi connectivity index (χ2n) is 4.19. The van der Waals surface area contributed by atoms with Crippen LogP contribution in [0.4, 0.5) is 5.69 Å². The first kappa shape index (κ1) is 14.7.